The lowest BCUT2D eigenvalue weighted by Gasteiger charge is -2.19. The molecule has 0 aromatic heterocycles. The summed E-state index contributed by atoms with van der Waals surface area (Å²) in [5.74, 6) is -0.874. The Kier molecular flexibility index (Phi) is 6.72. The van der Waals surface area contributed by atoms with Crippen molar-refractivity contribution in [3.05, 3.63) is 0 Å². The fourth-order valence-electron chi connectivity index (χ4n) is 1.27. The second-order valence-electron chi connectivity index (χ2n) is 4.47. The minimum atomic E-state index is -0.808. The molecule has 0 heterocycles. The monoisotopic (exact) mass is 230 g/mol. The third kappa shape index (κ3) is 6.40. The van der Waals surface area contributed by atoms with E-state index < -0.39 is 12.0 Å². The maximum atomic E-state index is 11.5. The van der Waals surface area contributed by atoms with Gasteiger partial charge < -0.3 is 16.2 Å². The van der Waals surface area contributed by atoms with Crippen LogP contribution in [-0.2, 0) is 9.59 Å². The third-order valence-electron chi connectivity index (χ3n) is 2.44. The van der Waals surface area contributed by atoms with Crippen molar-refractivity contribution in [2.75, 3.05) is 0 Å². The van der Waals surface area contributed by atoms with Crippen LogP contribution >= 0.6 is 0 Å². The van der Waals surface area contributed by atoms with Gasteiger partial charge in [-0.25, -0.2) is 0 Å². The van der Waals surface area contributed by atoms with Crippen molar-refractivity contribution < 1.29 is 14.7 Å². The van der Waals surface area contributed by atoms with Crippen molar-refractivity contribution >= 4 is 11.9 Å². The number of aliphatic carboxylic acids is 1. The van der Waals surface area contributed by atoms with Gasteiger partial charge in [0.25, 0.3) is 0 Å². The van der Waals surface area contributed by atoms with Crippen LogP contribution in [0.15, 0.2) is 0 Å². The number of rotatable bonds is 7. The van der Waals surface area contributed by atoms with E-state index in [4.69, 9.17) is 10.8 Å². The van der Waals surface area contributed by atoms with E-state index in [1.54, 1.807) is 0 Å². The van der Waals surface area contributed by atoms with E-state index in [9.17, 15) is 9.59 Å². The molecule has 0 aromatic rings. The molecule has 0 rings (SSSR count). The molecule has 0 aliphatic carbocycles. The lowest BCUT2D eigenvalue weighted by molar-refractivity contribution is -0.137. The summed E-state index contributed by atoms with van der Waals surface area (Å²) in [6.45, 7) is 5.63. The third-order valence-corrected chi connectivity index (χ3v) is 2.44. The van der Waals surface area contributed by atoms with Gasteiger partial charge in [0, 0.05) is 12.5 Å². The largest absolute Gasteiger partial charge is 0.481 e. The predicted octanol–water partition coefficient (Wildman–Crippen LogP) is 0.729. The molecule has 16 heavy (non-hydrogen) atoms. The van der Waals surface area contributed by atoms with Crippen LogP contribution in [0.25, 0.3) is 0 Å². The van der Waals surface area contributed by atoms with Crippen molar-refractivity contribution in [2.45, 2.75) is 52.1 Å². The summed E-state index contributed by atoms with van der Waals surface area (Å²) in [7, 11) is 0. The minimum absolute atomic E-state index is 0.0309. The molecule has 0 radical (unpaired) electrons. The first-order valence-electron chi connectivity index (χ1n) is 5.62. The lowest BCUT2D eigenvalue weighted by Crippen LogP contribution is -2.47. The van der Waals surface area contributed by atoms with Gasteiger partial charge in [-0.2, -0.15) is 0 Å². The molecule has 0 saturated carbocycles. The van der Waals surface area contributed by atoms with Crippen LogP contribution in [-0.4, -0.2) is 29.1 Å². The molecule has 2 atom stereocenters. The zero-order valence-corrected chi connectivity index (χ0v) is 10.2. The second kappa shape index (κ2) is 7.22. The molecule has 0 bridgehead atoms. The highest BCUT2D eigenvalue weighted by Gasteiger charge is 2.18. The Morgan fingerprint density at radius 2 is 1.88 bits per heavy atom. The van der Waals surface area contributed by atoms with Gasteiger partial charge in [0.15, 0.2) is 0 Å². The normalized spacial score (nSPS) is 14.6. The first-order chi connectivity index (χ1) is 7.34. The summed E-state index contributed by atoms with van der Waals surface area (Å²) in [5.41, 5.74) is 5.68. The van der Waals surface area contributed by atoms with Crippen LogP contribution in [0.4, 0.5) is 0 Å². The van der Waals surface area contributed by atoms with Crippen molar-refractivity contribution in [1.82, 2.24) is 5.32 Å². The van der Waals surface area contributed by atoms with Gasteiger partial charge in [0.1, 0.15) is 0 Å². The molecule has 0 aliphatic heterocycles. The first kappa shape index (κ1) is 14.9. The Balaban J connectivity index is 3.82. The summed E-state index contributed by atoms with van der Waals surface area (Å²) in [5, 5.41) is 11.2. The van der Waals surface area contributed by atoms with E-state index in [1.807, 2.05) is 20.8 Å². The Hall–Kier alpha value is -1.10. The Labute approximate surface area is 96.4 Å². The Bertz CT molecular complexity index is 241. The average Bonchev–Trinajstić information content (AvgIpc) is 2.15. The summed E-state index contributed by atoms with van der Waals surface area (Å²) < 4.78 is 0. The van der Waals surface area contributed by atoms with Crippen molar-refractivity contribution in [1.29, 1.82) is 0 Å². The molecule has 0 aromatic carbocycles. The smallest absolute Gasteiger partial charge is 0.303 e. The quantitative estimate of drug-likeness (QED) is 0.601. The number of hydrogen-bond donors (Lipinski definition) is 3. The molecule has 1 amide bonds. The Morgan fingerprint density at radius 1 is 1.31 bits per heavy atom. The van der Waals surface area contributed by atoms with Gasteiger partial charge in [0.05, 0.1) is 6.04 Å². The molecular weight excluding hydrogens is 208 g/mol. The topological polar surface area (TPSA) is 92.4 Å². The Morgan fingerprint density at radius 3 is 2.31 bits per heavy atom. The van der Waals surface area contributed by atoms with Crippen LogP contribution < -0.4 is 11.1 Å². The van der Waals surface area contributed by atoms with Crippen LogP contribution in [0, 0.1) is 5.92 Å². The highest BCUT2D eigenvalue weighted by atomic mass is 16.4. The van der Waals surface area contributed by atoms with Crippen molar-refractivity contribution in [3.8, 4) is 0 Å². The second-order valence-corrected chi connectivity index (χ2v) is 4.47. The number of amides is 1. The van der Waals surface area contributed by atoms with E-state index in [0.717, 1.165) is 0 Å². The number of carbonyl (C=O) groups is 2. The van der Waals surface area contributed by atoms with Crippen molar-refractivity contribution in [2.24, 2.45) is 11.7 Å². The molecule has 0 spiro atoms. The van der Waals surface area contributed by atoms with Gasteiger partial charge in [-0.05, 0) is 25.7 Å². The maximum absolute atomic E-state index is 11.5. The molecule has 94 valence electrons. The fraction of sp³-hybridized carbons (Fsp3) is 0.818. The van der Waals surface area contributed by atoms with Gasteiger partial charge >= 0.3 is 5.97 Å². The molecule has 0 saturated heterocycles. The van der Waals surface area contributed by atoms with Crippen LogP contribution in [0.1, 0.15) is 40.0 Å². The van der Waals surface area contributed by atoms with E-state index >= 15 is 0 Å². The highest BCUT2D eigenvalue weighted by Crippen LogP contribution is 2.03. The zero-order valence-electron chi connectivity index (χ0n) is 10.2. The number of carboxylic acid groups (broad SMARTS) is 1. The fourth-order valence-corrected chi connectivity index (χ4v) is 1.27. The molecular formula is C11H22N2O3. The highest BCUT2D eigenvalue weighted by molar-refractivity contribution is 5.81. The van der Waals surface area contributed by atoms with E-state index in [-0.39, 0.29) is 24.3 Å². The number of nitrogens with two attached hydrogens (primary N) is 1. The van der Waals surface area contributed by atoms with E-state index in [1.165, 1.54) is 0 Å². The lowest BCUT2D eigenvalue weighted by atomic mass is 10.0. The molecule has 0 fully saturated rings. The molecule has 0 aliphatic rings. The molecule has 5 nitrogen and oxygen atoms in total. The SMILES string of the molecule is CC(CCCC(=O)O)NC(=O)C(N)C(C)C. The van der Waals surface area contributed by atoms with Crippen molar-refractivity contribution in [3.63, 3.8) is 0 Å². The number of carboxylic acids is 1. The van der Waals surface area contributed by atoms with E-state index in [2.05, 4.69) is 5.32 Å². The van der Waals surface area contributed by atoms with Crippen LogP contribution in [0.2, 0.25) is 0 Å². The summed E-state index contributed by atoms with van der Waals surface area (Å²) >= 11 is 0. The first-order valence-corrected chi connectivity index (χ1v) is 5.62. The summed E-state index contributed by atoms with van der Waals surface area (Å²) in [6.07, 6.45) is 1.35. The van der Waals surface area contributed by atoms with Gasteiger partial charge in [-0.1, -0.05) is 13.8 Å². The van der Waals surface area contributed by atoms with Crippen LogP contribution in [0.3, 0.4) is 0 Å². The zero-order chi connectivity index (χ0) is 12.7. The molecule has 2 unspecified atom stereocenters. The number of hydrogen-bond acceptors (Lipinski definition) is 3. The number of carbonyl (C=O) groups excluding carboxylic acids is 1. The number of nitrogens with one attached hydrogen (secondary N) is 1. The maximum Gasteiger partial charge on any atom is 0.303 e. The molecule has 4 N–H and O–H groups in total. The summed E-state index contributed by atoms with van der Waals surface area (Å²) in [6, 6.07) is -0.529. The molecule has 5 heteroatoms. The minimum Gasteiger partial charge on any atom is -0.481 e. The summed E-state index contributed by atoms with van der Waals surface area (Å²) in [4.78, 5) is 21.8. The van der Waals surface area contributed by atoms with E-state index in [0.29, 0.717) is 12.8 Å². The van der Waals surface area contributed by atoms with Gasteiger partial charge in [-0.15, -0.1) is 0 Å². The predicted molar refractivity (Wildman–Crippen MR) is 61.9 cm³/mol. The van der Waals surface area contributed by atoms with Gasteiger partial charge in [0.2, 0.25) is 5.91 Å². The standard InChI is InChI=1S/C11H22N2O3/c1-7(2)10(12)11(16)13-8(3)5-4-6-9(14)15/h7-8,10H,4-6,12H2,1-3H3,(H,13,16)(H,14,15). The van der Waals surface area contributed by atoms with Gasteiger partial charge in [-0.3, -0.25) is 9.59 Å². The average molecular weight is 230 g/mol. The van der Waals surface area contributed by atoms with Crippen LogP contribution in [0.5, 0.6) is 0 Å².